The van der Waals surface area contributed by atoms with E-state index in [2.05, 4.69) is 49.3 Å². The van der Waals surface area contributed by atoms with Gasteiger partial charge in [-0.15, -0.1) is 6.42 Å². The average molecular weight is 434 g/mol. The number of quaternary nitrogens is 1. The van der Waals surface area contributed by atoms with E-state index in [0.717, 1.165) is 4.48 Å². The minimum Gasteiger partial charge on any atom is -0.303 e. The Labute approximate surface area is 160 Å². The van der Waals surface area contributed by atoms with Crippen LogP contribution in [0.1, 0.15) is 97.8 Å². The quantitative estimate of drug-likeness (QED) is 0.0617. The van der Waals surface area contributed by atoms with Gasteiger partial charge in [-0.25, -0.2) is 0 Å². The molecule has 1 unspecified atom stereocenters. The summed E-state index contributed by atoms with van der Waals surface area (Å²) >= 11 is 2.49. The Kier molecular flexibility index (Phi) is 15.9. The van der Waals surface area contributed by atoms with Crippen LogP contribution in [0.15, 0.2) is 0 Å². The Hall–Kier alpha value is 0.250. The standard InChI is InChI=1S/C21H41IN/c1-5-9-10-11-12-13-14-15-16-17-20-23(18-6-2,19-7-3)21(22)8-4/h4,21H,5-7,9-20H2,1-3H3/q+1. The van der Waals surface area contributed by atoms with Crippen molar-refractivity contribution in [2.24, 2.45) is 0 Å². The molecule has 0 aromatic heterocycles. The van der Waals surface area contributed by atoms with Crippen LogP contribution in [0.5, 0.6) is 0 Å². The fourth-order valence-corrected chi connectivity index (χ4v) is 4.47. The number of hydrogen-bond acceptors (Lipinski definition) is 0. The van der Waals surface area contributed by atoms with Crippen molar-refractivity contribution in [2.45, 2.75) is 102 Å². The summed E-state index contributed by atoms with van der Waals surface area (Å²) in [5.74, 6) is 3.02. The van der Waals surface area contributed by atoms with E-state index >= 15 is 0 Å². The maximum Gasteiger partial charge on any atom is 0.200 e. The number of alkyl halides is 1. The number of unbranched alkanes of at least 4 members (excludes halogenated alkanes) is 9. The highest BCUT2D eigenvalue weighted by molar-refractivity contribution is 14.1. The lowest BCUT2D eigenvalue weighted by atomic mass is 10.1. The summed E-state index contributed by atoms with van der Waals surface area (Å²) in [7, 11) is 0. The molecule has 0 N–H and O–H groups in total. The number of rotatable bonds is 16. The molecular formula is C21H41IN+. The zero-order valence-electron chi connectivity index (χ0n) is 16.1. The molecule has 0 aromatic carbocycles. The molecule has 0 fully saturated rings. The third-order valence-corrected chi connectivity index (χ3v) is 6.45. The van der Waals surface area contributed by atoms with Crippen molar-refractivity contribution in [1.82, 2.24) is 0 Å². The van der Waals surface area contributed by atoms with E-state index in [4.69, 9.17) is 6.42 Å². The molecule has 0 aromatic rings. The molecule has 0 saturated heterocycles. The Morgan fingerprint density at radius 3 is 1.52 bits per heavy atom. The Morgan fingerprint density at radius 2 is 1.13 bits per heavy atom. The first-order valence-electron chi connectivity index (χ1n) is 10.1. The lowest BCUT2D eigenvalue weighted by molar-refractivity contribution is -0.927. The van der Waals surface area contributed by atoms with E-state index in [1.807, 2.05) is 0 Å². The number of halogens is 1. The van der Waals surface area contributed by atoms with Crippen LogP contribution >= 0.6 is 22.6 Å². The van der Waals surface area contributed by atoms with Crippen LogP contribution in [-0.4, -0.2) is 28.2 Å². The van der Waals surface area contributed by atoms with Gasteiger partial charge in [0.25, 0.3) is 0 Å². The SMILES string of the molecule is C#CC(I)[N+](CCC)(CCC)CCCCCCCCCCCC. The molecule has 1 atom stereocenters. The molecule has 1 nitrogen and oxygen atoms in total. The number of nitrogens with zero attached hydrogens (tertiary/aromatic N) is 1. The fraction of sp³-hybridized carbons (Fsp3) is 0.905. The van der Waals surface area contributed by atoms with Crippen LogP contribution < -0.4 is 0 Å². The van der Waals surface area contributed by atoms with Gasteiger partial charge in [0.15, 0.2) is 0 Å². The average Bonchev–Trinajstić information content (AvgIpc) is 2.56. The van der Waals surface area contributed by atoms with Gasteiger partial charge in [0.05, 0.1) is 19.6 Å². The Bertz CT molecular complexity index is 289. The molecule has 0 aliphatic carbocycles. The topological polar surface area (TPSA) is 0 Å². The number of hydrogen-bond donors (Lipinski definition) is 0. The van der Waals surface area contributed by atoms with Gasteiger partial charge in [-0.3, -0.25) is 0 Å². The Balaban J connectivity index is 3.93. The number of terminal acetylenes is 1. The summed E-state index contributed by atoms with van der Waals surface area (Å²) in [4.78, 5) is 0. The van der Waals surface area contributed by atoms with Gasteiger partial charge in [0, 0.05) is 22.6 Å². The molecule has 0 bridgehead atoms. The maximum absolute atomic E-state index is 5.77. The zero-order chi connectivity index (χ0) is 17.4. The van der Waals surface area contributed by atoms with Gasteiger partial charge in [-0.1, -0.05) is 72.1 Å². The van der Waals surface area contributed by atoms with E-state index < -0.39 is 0 Å². The van der Waals surface area contributed by atoms with Crippen LogP contribution in [0.25, 0.3) is 0 Å². The maximum atomic E-state index is 5.77. The molecule has 0 radical (unpaired) electrons. The third-order valence-electron chi connectivity index (χ3n) is 4.91. The molecule has 0 rings (SSSR count). The highest BCUT2D eigenvalue weighted by Gasteiger charge is 2.31. The fourth-order valence-electron chi connectivity index (χ4n) is 3.64. The second kappa shape index (κ2) is 15.8. The van der Waals surface area contributed by atoms with E-state index in [-0.39, 0.29) is 0 Å². The van der Waals surface area contributed by atoms with Gasteiger partial charge in [-0.05, 0) is 31.6 Å². The van der Waals surface area contributed by atoms with Crippen molar-refractivity contribution in [3.05, 3.63) is 0 Å². The highest BCUT2D eigenvalue weighted by atomic mass is 127. The van der Waals surface area contributed by atoms with Crippen molar-refractivity contribution < 1.29 is 4.48 Å². The minimum atomic E-state index is 0.339. The van der Waals surface area contributed by atoms with E-state index in [1.165, 1.54) is 96.7 Å². The monoisotopic (exact) mass is 434 g/mol. The lowest BCUT2D eigenvalue weighted by Gasteiger charge is -2.40. The molecule has 0 spiro atoms. The van der Waals surface area contributed by atoms with E-state index in [1.54, 1.807) is 0 Å². The first-order valence-corrected chi connectivity index (χ1v) is 11.4. The molecule has 0 saturated carbocycles. The molecule has 136 valence electrons. The molecule has 0 aliphatic heterocycles. The van der Waals surface area contributed by atoms with Crippen molar-refractivity contribution in [2.75, 3.05) is 19.6 Å². The van der Waals surface area contributed by atoms with E-state index in [0.29, 0.717) is 4.05 Å². The molecule has 0 heterocycles. The Morgan fingerprint density at radius 1 is 0.696 bits per heavy atom. The molecular weight excluding hydrogens is 393 g/mol. The predicted molar refractivity (Wildman–Crippen MR) is 114 cm³/mol. The summed E-state index contributed by atoms with van der Waals surface area (Å²) in [5, 5.41) is 0. The third kappa shape index (κ3) is 10.7. The second-order valence-corrected chi connectivity index (χ2v) is 8.25. The first kappa shape index (κ1) is 23.2. The van der Waals surface area contributed by atoms with Gasteiger partial charge in [0.1, 0.15) is 0 Å². The molecule has 2 heteroatoms. The highest BCUT2D eigenvalue weighted by Crippen LogP contribution is 2.23. The van der Waals surface area contributed by atoms with Gasteiger partial charge in [-0.2, -0.15) is 0 Å². The van der Waals surface area contributed by atoms with Gasteiger partial charge in [0.2, 0.25) is 4.05 Å². The summed E-state index contributed by atoms with van der Waals surface area (Å²) in [6.45, 7) is 10.6. The second-order valence-electron chi connectivity index (χ2n) is 7.07. The van der Waals surface area contributed by atoms with Gasteiger partial charge >= 0.3 is 0 Å². The first-order chi connectivity index (χ1) is 11.2. The summed E-state index contributed by atoms with van der Waals surface area (Å²) in [5.41, 5.74) is 0. The van der Waals surface area contributed by atoms with Crippen LogP contribution in [0.2, 0.25) is 0 Å². The van der Waals surface area contributed by atoms with Crippen molar-refractivity contribution in [3.63, 3.8) is 0 Å². The van der Waals surface area contributed by atoms with Crippen molar-refractivity contribution in [3.8, 4) is 12.3 Å². The normalized spacial score (nSPS) is 13.0. The van der Waals surface area contributed by atoms with Crippen LogP contribution in [0.3, 0.4) is 0 Å². The summed E-state index contributed by atoms with van der Waals surface area (Å²) in [6.07, 6.45) is 22.3. The van der Waals surface area contributed by atoms with Gasteiger partial charge < -0.3 is 4.48 Å². The molecule has 23 heavy (non-hydrogen) atoms. The van der Waals surface area contributed by atoms with Crippen LogP contribution in [0, 0.1) is 12.3 Å². The smallest absolute Gasteiger partial charge is 0.200 e. The van der Waals surface area contributed by atoms with Crippen molar-refractivity contribution >= 4 is 22.6 Å². The van der Waals surface area contributed by atoms with E-state index in [9.17, 15) is 0 Å². The summed E-state index contributed by atoms with van der Waals surface area (Å²) in [6, 6.07) is 0. The molecule has 0 aliphatic rings. The largest absolute Gasteiger partial charge is 0.303 e. The van der Waals surface area contributed by atoms with Crippen LogP contribution in [0.4, 0.5) is 0 Å². The lowest BCUT2D eigenvalue weighted by Crippen LogP contribution is -2.54. The minimum absolute atomic E-state index is 0.339. The van der Waals surface area contributed by atoms with Crippen LogP contribution in [-0.2, 0) is 0 Å². The zero-order valence-corrected chi connectivity index (χ0v) is 18.2. The van der Waals surface area contributed by atoms with Crippen molar-refractivity contribution in [1.29, 1.82) is 0 Å². The molecule has 0 amide bonds. The predicted octanol–water partition coefficient (Wildman–Crippen LogP) is 6.94. The summed E-state index contributed by atoms with van der Waals surface area (Å²) < 4.78 is 1.48.